The molecule has 3 radical (unpaired) electrons. The Bertz CT molecular complexity index is 27.5. The number of nitrogens with zero attached hydrogens (tertiary/aromatic N) is 1. The van der Waals surface area contributed by atoms with Crippen molar-refractivity contribution in [1.29, 1.82) is 5.26 Å². The van der Waals surface area contributed by atoms with Crippen molar-refractivity contribution in [3.63, 3.8) is 0 Å². The van der Waals surface area contributed by atoms with Crippen LogP contribution in [0, 0.1) is 11.5 Å². The summed E-state index contributed by atoms with van der Waals surface area (Å²) in [6, 6.07) is 0. The number of hydrogen-bond donors (Lipinski definition) is 1. The summed E-state index contributed by atoms with van der Waals surface area (Å²) in [5, 5.41) is 7.10. The number of nitriles is 1. The zero-order chi connectivity index (χ0) is 2.71. The molecule has 0 fully saturated rings. The quantitative estimate of drug-likeness (QED) is 0.219. The van der Waals surface area contributed by atoms with Crippen LogP contribution in [0.15, 0.2) is 0 Å². The highest BCUT2D eigenvalue weighted by Crippen LogP contribution is 0.900. The highest BCUT2D eigenvalue weighted by atomic mass is 14.5. The van der Waals surface area contributed by atoms with Crippen LogP contribution in [-0.2, 0) is 0 Å². The molecule has 0 aromatic carbocycles. The minimum Gasteiger partial charge on any atom is -0.337 e. The second-order valence-electron chi connectivity index (χ2n) is 0.129. The van der Waals surface area contributed by atoms with Gasteiger partial charge in [0.1, 0.15) is 0 Å². The highest BCUT2D eigenvalue weighted by Gasteiger charge is 1.12. The molecule has 0 bridgehead atoms. The van der Waals surface area contributed by atoms with Crippen molar-refractivity contribution in [2.24, 2.45) is 5.73 Å². The first-order valence-corrected chi connectivity index (χ1v) is 0.512. The van der Waals surface area contributed by atoms with Gasteiger partial charge in [0.15, 0.2) is 6.19 Å². The van der Waals surface area contributed by atoms with Gasteiger partial charge >= 0.3 is 0 Å². The van der Waals surface area contributed by atoms with Crippen molar-refractivity contribution in [3.8, 4) is 6.19 Å². The third-order valence-corrected chi connectivity index (χ3v) is 0. The van der Waals surface area contributed by atoms with Gasteiger partial charge in [0, 0.05) is 8.41 Å². The Morgan fingerprint density at radius 1 is 1.75 bits per heavy atom. The second-order valence-corrected chi connectivity index (χ2v) is 0.129. The van der Waals surface area contributed by atoms with Crippen LogP contribution in [0.1, 0.15) is 0 Å². The minimum atomic E-state index is 0. The Labute approximate surface area is 26.8 Å². The summed E-state index contributed by atoms with van der Waals surface area (Å²) in [7, 11) is 0. The molecule has 0 heterocycles. The molecule has 2 N–H and O–H groups in total. The van der Waals surface area contributed by atoms with E-state index in [1.165, 1.54) is 6.19 Å². The van der Waals surface area contributed by atoms with Gasteiger partial charge in [-0.05, 0) is 0 Å². The van der Waals surface area contributed by atoms with Crippen LogP contribution in [0.5, 0.6) is 0 Å². The van der Waals surface area contributed by atoms with Crippen molar-refractivity contribution in [3.05, 3.63) is 0 Å². The van der Waals surface area contributed by atoms with E-state index >= 15 is 0 Å². The van der Waals surface area contributed by atoms with Gasteiger partial charge in [-0.1, -0.05) is 0 Å². The summed E-state index contributed by atoms with van der Waals surface area (Å²) in [4.78, 5) is 0. The molecule has 0 spiro atoms. The molecule has 19 valence electrons. The van der Waals surface area contributed by atoms with E-state index in [-0.39, 0.29) is 8.41 Å². The van der Waals surface area contributed by atoms with Crippen molar-refractivity contribution < 1.29 is 0 Å². The molecule has 0 aliphatic heterocycles. The Morgan fingerprint density at radius 3 is 1.75 bits per heavy atom. The maximum absolute atomic E-state index is 7.10. The molecule has 0 amide bonds. The third kappa shape index (κ3) is 0.410. The smallest absolute Gasteiger partial charge is 0.173 e. The van der Waals surface area contributed by atoms with Gasteiger partial charge in [0.2, 0.25) is 0 Å². The fourth-order valence-electron chi connectivity index (χ4n) is 0. The Morgan fingerprint density at radius 2 is 1.75 bits per heavy atom. The van der Waals surface area contributed by atoms with E-state index < -0.39 is 0 Å². The first kappa shape index (κ1) is 10.1. The first-order chi connectivity index (χ1) is 1.41. The number of hydrogen-bond acceptors (Lipinski definition) is 2. The average Bonchev–Trinajstić information content (AvgIpc) is 0.918. The zero-order valence-electron chi connectivity index (χ0n) is 2.10. The maximum Gasteiger partial charge on any atom is 0.173 e. The van der Waals surface area contributed by atoms with Gasteiger partial charge in [0.05, 0.1) is 0 Å². The Hall–Kier alpha value is -0.645. The van der Waals surface area contributed by atoms with Crippen LogP contribution in [0.3, 0.4) is 0 Å². The fraction of sp³-hybridized carbons (Fsp3) is 0. The summed E-state index contributed by atoms with van der Waals surface area (Å²) in [5.41, 5.74) is 4.15. The number of nitrogens with two attached hydrogens (primary N) is 1. The van der Waals surface area contributed by atoms with Crippen molar-refractivity contribution in [2.75, 3.05) is 0 Å². The largest absolute Gasteiger partial charge is 0.337 e. The Balaban J connectivity index is 0. The van der Waals surface area contributed by atoms with E-state index in [2.05, 4.69) is 5.73 Å². The lowest BCUT2D eigenvalue weighted by Crippen LogP contribution is -1.69. The molecule has 0 aliphatic carbocycles. The normalized spacial score (nSPS) is 1.75. The minimum absolute atomic E-state index is 0. The summed E-state index contributed by atoms with van der Waals surface area (Å²) < 4.78 is 0. The second kappa shape index (κ2) is 34.3. The number of rotatable bonds is 0. The zero-order valence-corrected chi connectivity index (χ0v) is 2.10. The highest BCUT2D eigenvalue weighted by molar-refractivity contribution is 5.75. The molecule has 2 nitrogen and oxygen atoms in total. The topological polar surface area (TPSA) is 49.8 Å². The summed E-state index contributed by atoms with van der Waals surface area (Å²) in [5.74, 6) is 0. The molecule has 0 saturated heterocycles. The molecule has 4 heavy (non-hydrogen) atoms. The first-order valence-electron chi connectivity index (χ1n) is 0.512. The predicted octanol–water partition coefficient (Wildman–Crippen LogP) is -0.955. The lowest BCUT2D eigenvalue weighted by Gasteiger charge is -1.24. The van der Waals surface area contributed by atoms with Crippen LogP contribution >= 0.6 is 0 Å². The van der Waals surface area contributed by atoms with E-state index in [0.29, 0.717) is 0 Å². The molecule has 0 unspecified atom stereocenters. The standard InChI is InChI=1S/CH2N2.B/c2-1-3;/h2H2;. The molecular weight excluding hydrogens is 50.8 g/mol. The van der Waals surface area contributed by atoms with Gasteiger partial charge in [-0.25, -0.2) is 0 Å². The van der Waals surface area contributed by atoms with Crippen LogP contribution < -0.4 is 5.73 Å². The molecule has 0 saturated carbocycles. The average molecular weight is 52.9 g/mol. The van der Waals surface area contributed by atoms with Gasteiger partial charge < -0.3 is 5.73 Å². The maximum atomic E-state index is 7.10. The third-order valence-electron chi connectivity index (χ3n) is 0. The lowest BCUT2D eigenvalue weighted by molar-refractivity contribution is 1.45. The monoisotopic (exact) mass is 53.0 g/mol. The van der Waals surface area contributed by atoms with Gasteiger partial charge in [0.25, 0.3) is 0 Å². The van der Waals surface area contributed by atoms with E-state index in [0.717, 1.165) is 0 Å². The summed E-state index contributed by atoms with van der Waals surface area (Å²) in [6.45, 7) is 0. The van der Waals surface area contributed by atoms with Crippen molar-refractivity contribution >= 4 is 8.41 Å². The molecule has 0 rings (SSSR count). The van der Waals surface area contributed by atoms with E-state index in [1.54, 1.807) is 0 Å². The van der Waals surface area contributed by atoms with Gasteiger partial charge in [-0.3, -0.25) is 0 Å². The molecule has 0 atom stereocenters. The van der Waals surface area contributed by atoms with Crippen molar-refractivity contribution in [1.82, 2.24) is 0 Å². The molecule has 0 aromatic heterocycles. The van der Waals surface area contributed by atoms with E-state index in [9.17, 15) is 0 Å². The van der Waals surface area contributed by atoms with E-state index in [1.807, 2.05) is 0 Å². The molecule has 3 heteroatoms. The summed E-state index contributed by atoms with van der Waals surface area (Å²) in [6.07, 6.45) is 1.25. The molecular formula is CH2BN2. The van der Waals surface area contributed by atoms with Crippen LogP contribution in [0.25, 0.3) is 0 Å². The van der Waals surface area contributed by atoms with Gasteiger partial charge in [-0.2, -0.15) is 5.26 Å². The summed E-state index contributed by atoms with van der Waals surface area (Å²) >= 11 is 0. The van der Waals surface area contributed by atoms with Gasteiger partial charge in [-0.15, -0.1) is 0 Å². The van der Waals surface area contributed by atoms with E-state index in [4.69, 9.17) is 5.26 Å². The molecule has 0 aliphatic rings. The van der Waals surface area contributed by atoms with Crippen molar-refractivity contribution in [2.45, 2.75) is 0 Å². The molecule has 0 aromatic rings. The van der Waals surface area contributed by atoms with Crippen LogP contribution in [0.4, 0.5) is 0 Å². The lowest BCUT2D eigenvalue weighted by atomic mass is 10.8. The van der Waals surface area contributed by atoms with Crippen LogP contribution in [-0.4, -0.2) is 8.41 Å². The Kier molecular flexibility index (Phi) is 86.9. The SMILES string of the molecule is N#CN.[B]. The predicted molar refractivity (Wildman–Crippen MR) is 15.6 cm³/mol. The van der Waals surface area contributed by atoms with Crippen LogP contribution in [0.2, 0.25) is 0 Å². The fourth-order valence-corrected chi connectivity index (χ4v) is 0.